The fourth-order valence-corrected chi connectivity index (χ4v) is 3.04. The molecule has 0 spiro atoms. The number of aliphatic hydroxyl groups is 1. The van der Waals surface area contributed by atoms with Crippen LogP contribution >= 0.6 is 27.7 Å². The van der Waals surface area contributed by atoms with Crippen LogP contribution in [0.4, 0.5) is 0 Å². The molecule has 1 aromatic heterocycles. The number of nitrogens with zero attached hydrogens (tertiary/aromatic N) is 3. The van der Waals surface area contributed by atoms with Crippen LogP contribution in [0.5, 0.6) is 0 Å². The largest absolute Gasteiger partial charge is 0.389 e. The molecular weight excluding hydrogens is 302 g/mol. The zero-order chi connectivity index (χ0) is 12.4. The van der Waals surface area contributed by atoms with E-state index in [1.807, 2.05) is 29.8 Å². The van der Waals surface area contributed by atoms with Gasteiger partial charge in [-0.2, -0.15) is 0 Å². The summed E-state index contributed by atoms with van der Waals surface area (Å²) in [5.41, 5.74) is 0.882. The van der Waals surface area contributed by atoms with E-state index in [1.54, 1.807) is 13.3 Å². The summed E-state index contributed by atoms with van der Waals surface area (Å²) in [6.45, 7) is 1.75. The molecule has 1 unspecified atom stereocenters. The van der Waals surface area contributed by atoms with E-state index in [9.17, 15) is 5.11 Å². The Labute approximate surface area is 112 Å². The summed E-state index contributed by atoms with van der Waals surface area (Å²) in [4.78, 5) is 1.05. The highest BCUT2D eigenvalue weighted by atomic mass is 79.9. The van der Waals surface area contributed by atoms with Gasteiger partial charge in [-0.3, -0.25) is 0 Å². The standard InChI is InChI=1S/C11H12BrN3OS/c1-7(16)9-4-3-8(5-10(9)12)17-11-14-13-6-15(11)2/h3-7,16H,1-2H3. The van der Waals surface area contributed by atoms with Crippen molar-refractivity contribution in [3.8, 4) is 0 Å². The van der Waals surface area contributed by atoms with Crippen molar-refractivity contribution in [1.82, 2.24) is 14.8 Å². The quantitative estimate of drug-likeness (QED) is 0.946. The van der Waals surface area contributed by atoms with E-state index >= 15 is 0 Å². The number of hydrogen-bond donors (Lipinski definition) is 1. The Hall–Kier alpha value is -0.850. The summed E-state index contributed by atoms with van der Waals surface area (Å²) < 4.78 is 2.76. The van der Waals surface area contributed by atoms with Crippen LogP contribution in [0, 0.1) is 0 Å². The van der Waals surface area contributed by atoms with Crippen LogP contribution in [0.25, 0.3) is 0 Å². The fourth-order valence-electron chi connectivity index (χ4n) is 1.38. The van der Waals surface area contributed by atoms with Gasteiger partial charge in [-0.25, -0.2) is 0 Å². The zero-order valence-corrected chi connectivity index (χ0v) is 11.9. The molecule has 6 heteroatoms. The van der Waals surface area contributed by atoms with Gasteiger partial charge in [0.05, 0.1) is 6.10 Å². The molecule has 1 heterocycles. The smallest absolute Gasteiger partial charge is 0.195 e. The molecule has 90 valence electrons. The van der Waals surface area contributed by atoms with Gasteiger partial charge in [-0.15, -0.1) is 10.2 Å². The van der Waals surface area contributed by atoms with Crippen LogP contribution in [-0.2, 0) is 7.05 Å². The van der Waals surface area contributed by atoms with E-state index in [0.717, 1.165) is 20.1 Å². The number of hydrogen-bond acceptors (Lipinski definition) is 4. The first-order valence-electron chi connectivity index (χ1n) is 5.07. The first-order chi connectivity index (χ1) is 8.08. The lowest BCUT2D eigenvalue weighted by atomic mass is 10.1. The number of aryl methyl sites for hydroxylation is 1. The van der Waals surface area contributed by atoms with Crippen molar-refractivity contribution >= 4 is 27.7 Å². The van der Waals surface area contributed by atoms with Gasteiger partial charge in [0.2, 0.25) is 0 Å². The molecule has 4 nitrogen and oxygen atoms in total. The highest BCUT2D eigenvalue weighted by Crippen LogP contribution is 2.31. The lowest BCUT2D eigenvalue weighted by Crippen LogP contribution is -1.93. The summed E-state index contributed by atoms with van der Waals surface area (Å²) >= 11 is 4.99. The van der Waals surface area contributed by atoms with Gasteiger partial charge in [0.15, 0.2) is 5.16 Å². The molecule has 1 N–H and O–H groups in total. The third-order valence-corrected chi connectivity index (χ3v) is 4.03. The monoisotopic (exact) mass is 313 g/mol. The van der Waals surface area contributed by atoms with Crippen molar-refractivity contribution < 1.29 is 5.11 Å². The Kier molecular flexibility index (Phi) is 3.86. The number of aliphatic hydroxyl groups excluding tert-OH is 1. The molecule has 17 heavy (non-hydrogen) atoms. The molecule has 0 aliphatic carbocycles. The van der Waals surface area contributed by atoms with Gasteiger partial charge < -0.3 is 9.67 Å². The lowest BCUT2D eigenvalue weighted by molar-refractivity contribution is 0.198. The Morgan fingerprint density at radius 2 is 2.24 bits per heavy atom. The second-order valence-electron chi connectivity index (χ2n) is 3.69. The molecular formula is C11H12BrN3OS. The molecule has 1 atom stereocenters. The SMILES string of the molecule is CC(O)c1ccc(Sc2nncn2C)cc1Br. The van der Waals surface area contributed by atoms with Crippen molar-refractivity contribution in [2.75, 3.05) is 0 Å². The van der Waals surface area contributed by atoms with Gasteiger partial charge in [-0.05, 0) is 36.4 Å². The first kappa shape index (κ1) is 12.6. The Balaban J connectivity index is 2.24. The fraction of sp³-hybridized carbons (Fsp3) is 0.273. The Bertz CT molecular complexity index is 527. The third-order valence-electron chi connectivity index (χ3n) is 2.30. The maximum Gasteiger partial charge on any atom is 0.195 e. The molecule has 0 saturated heterocycles. The van der Waals surface area contributed by atoms with Gasteiger partial charge in [0.1, 0.15) is 6.33 Å². The molecule has 2 aromatic rings. The second-order valence-corrected chi connectivity index (χ2v) is 5.58. The van der Waals surface area contributed by atoms with Crippen LogP contribution in [0.15, 0.2) is 39.1 Å². The molecule has 0 radical (unpaired) electrons. The highest BCUT2D eigenvalue weighted by Gasteiger charge is 2.09. The summed E-state index contributed by atoms with van der Waals surface area (Å²) in [6, 6.07) is 5.85. The molecule has 0 saturated carbocycles. The summed E-state index contributed by atoms with van der Waals surface area (Å²) in [5, 5.41) is 18.2. The summed E-state index contributed by atoms with van der Waals surface area (Å²) in [6.07, 6.45) is 1.19. The maximum absolute atomic E-state index is 9.53. The minimum absolute atomic E-state index is 0.474. The van der Waals surface area contributed by atoms with Gasteiger partial charge in [0, 0.05) is 16.4 Å². The lowest BCUT2D eigenvalue weighted by Gasteiger charge is -2.09. The molecule has 0 fully saturated rings. The average Bonchev–Trinajstić information content (AvgIpc) is 2.64. The van der Waals surface area contributed by atoms with Gasteiger partial charge >= 0.3 is 0 Å². The number of halogens is 1. The number of benzene rings is 1. The van der Waals surface area contributed by atoms with Crippen LogP contribution < -0.4 is 0 Å². The summed E-state index contributed by atoms with van der Waals surface area (Å²) in [5.74, 6) is 0. The first-order valence-corrected chi connectivity index (χ1v) is 6.68. The van der Waals surface area contributed by atoms with Crippen molar-refractivity contribution in [1.29, 1.82) is 0 Å². The Morgan fingerprint density at radius 3 is 2.76 bits per heavy atom. The molecule has 1 aromatic carbocycles. The zero-order valence-electron chi connectivity index (χ0n) is 9.46. The van der Waals surface area contributed by atoms with Crippen LogP contribution in [-0.4, -0.2) is 19.9 Å². The van der Waals surface area contributed by atoms with Gasteiger partial charge in [-0.1, -0.05) is 22.0 Å². The average molecular weight is 314 g/mol. The molecule has 0 bridgehead atoms. The van der Waals surface area contributed by atoms with E-state index < -0.39 is 6.10 Å². The predicted octanol–water partition coefficient (Wildman–Crippen LogP) is 2.78. The third kappa shape index (κ3) is 2.88. The van der Waals surface area contributed by atoms with Crippen molar-refractivity contribution in [2.24, 2.45) is 7.05 Å². The van der Waals surface area contributed by atoms with Crippen molar-refractivity contribution in [3.63, 3.8) is 0 Å². The molecule has 0 aliphatic heterocycles. The highest BCUT2D eigenvalue weighted by molar-refractivity contribution is 9.10. The number of rotatable bonds is 3. The van der Waals surface area contributed by atoms with Crippen molar-refractivity contribution in [2.45, 2.75) is 23.1 Å². The van der Waals surface area contributed by atoms with Crippen LogP contribution in [0.3, 0.4) is 0 Å². The number of aromatic nitrogens is 3. The van der Waals surface area contributed by atoms with E-state index in [0.29, 0.717) is 0 Å². The molecule has 2 rings (SSSR count). The van der Waals surface area contributed by atoms with E-state index in [4.69, 9.17) is 0 Å². The van der Waals surface area contributed by atoms with Crippen molar-refractivity contribution in [3.05, 3.63) is 34.6 Å². The molecule has 0 amide bonds. The van der Waals surface area contributed by atoms with Gasteiger partial charge in [0.25, 0.3) is 0 Å². The topological polar surface area (TPSA) is 50.9 Å². The second kappa shape index (κ2) is 5.20. The minimum Gasteiger partial charge on any atom is -0.389 e. The van der Waals surface area contributed by atoms with Crippen LogP contribution in [0.2, 0.25) is 0 Å². The van der Waals surface area contributed by atoms with Crippen LogP contribution in [0.1, 0.15) is 18.6 Å². The van der Waals surface area contributed by atoms with E-state index in [2.05, 4.69) is 26.1 Å². The maximum atomic E-state index is 9.53. The summed E-state index contributed by atoms with van der Waals surface area (Å²) in [7, 11) is 1.90. The molecule has 0 aliphatic rings. The van der Waals surface area contributed by atoms with E-state index in [1.165, 1.54) is 11.8 Å². The Morgan fingerprint density at radius 1 is 1.47 bits per heavy atom. The normalized spacial score (nSPS) is 12.7. The minimum atomic E-state index is -0.474. The predicted molar refractivity (Wildman–Crippen MR) is 69.9 cm³/mol. The van der Waals surface area contributed by atoms with E-state index in [-0.39, 0.29) is 0 Å².